The maximum atomic E-state index is 13.5. The number of aliphatic hydroxyl groups is 1. The van der Waals surface area contributed by atoms with E-state index in [4.69, 9.17) is 0 Å². The molecular weight excluding hydrogens is 413 g/mol. The van der Waals surface area contributed by atoms with Crippen molar-refractivity contribution in [2.75, 3.05) is 0 Å². The van der Waals surface area contributed by atoms with Gasteiger partial charge in [0, 0.05) is 11.8 Å². The molecule has 2 aliphatic rings. The fraction of sp³-hybridized carbons (Fsp3) is 0.286. The van der Waals surface area contributed by atoms with Gasteiger partial charge in [0.15, 0.2) is 0 Å². The van der Waals surface area contributed by atoms with E-state index in [-0.39, 0.29) is 5.82 Å². The zero-order chi connectivity index (χ0) is 23.2. The lowest BCUT2D eigenvalue weighted by Crippen LogP contribution is -2.58. The molecule has 3 atom stereocenters. The van der Waals surface area contributed by atoms with Gasteiger partial charge in [0.05, 0.1) is 29.2 Å². The van der Waals surface area contributed by atoms with Crippen LogP contribution < -0.4 is 0 Å². The van der Waals surface area contributed by atoms with Crippen molar-refractivity contribution < 1.29 is 9.50 Å². The van der Waals surface area contributed by atoms with E-state index in [0.717, 1.165) is 28.1 Å². The summed E-state index contributed by atoms with van der Waals surface area (Å²) in [5.74, 6) is -0.272. The first-order chi connectivity index (χ1) is 15.9. The molecule has 0 radical (unpaired) electrons. The summed E-state index contributed by atoms with van der Waals surface area (Å²) < 4.78 is 15.3. The zero-order valence-corrected chi connectivity index (χ0v) is 19.0. The fourth-order valence-corrected chi connectivity index (χ4v) is 5.68. The molecule has 0 aliphatic heterocycles. The molecule has 2 aliphatic carbocycles. The number of allylic oxidation sites excluding steroid dienone is 1. The molecule has 0 saturated heterocycles. The Labute approximate surface area is 193 Å². The van der Waals surface area contributed by atoms with E-state index in [9.17, 15) is 9.50 Å². The Morgan fingerprint density at radius 1 is 1.18 bits per heavy atom. The van der Waals surface area contributed by atoms with Crippen LogP contribution in [0.2, 0.25) is 0 Å². The highest BCUT2D eigenvalue weighted by molar-refractivity contribution is 5.68. The van der Waals surface area contributed by atoms with Crippen LogP contribution in [0, 0.1) is 11.2 Å². The third-order valence-electron chi connectivity index (χ3n) is 7.58. The van der Waals surface area contributed by atoms with Crippen molar-refractivity contribution in [3.8, 4) is 5.69 Å². The van der Waals surface area contributed by atoms with Gasteiger partial charge in [0.2, 0.25) is 0 Å². The maximum absolute atomic E-state index is 13.5. The van der Waals surface area contributed by atoms with Crippen LogP contribution in [0.1, 0.15) is 37.1 Å². The van der Waals surface area contributed by atoms with Crippen LogP contribution in [-0.4, -0.2) is 33.2 Å². The highest BCUT2D eigenvalue weighted by atomic mass is 19.1. The minimum atomic E-state index is -0.760. The molecule has 0 spiro atoms. The van der Waals surface area contributed by atoms with Gasteiger partial charge in [-0.15, -0.1) is 0 Å². The van der Waals surface area contributed by atoms with Gasteiger partial charge >= 0.3 is 0 Å². The van der Waals surface area contributed by atoms with Gasteiger partial charge in [-0.25, -0.2) is 9.07 Å². The van der Waals surface area contributed by atoms with Crippen LogP contribution in [-0.2, 0) is 12.8 Å². The average molecular weight is 442 g/mol. The third-order valence-corrected chi connectivity index (χ3v) is 7.58. The van der Waals surface area contributed by atoms with Gasteiger partial charge in [0.25, 0.3) is 0 Å². The van der Waals surface area contributed by atoms with Crippen LogP contribution >= 0.6 is 0 Å². The molecule has 1 aromatic heterocycles. The van der Waals surface area contributed by atoms with Gasteiger partial charge in [-0.05, 0) is 73.5 Å². The molecule has 5 heteroatoms. The van der Waals surface area contributed by atoms with E-state index in [1.54, 1.807) is 12.1 Å². The summed E-state index contributed by atoms with van der Waals surface area (Å²) in [4.78, 5) is 4.66. The smallest absolute Gasteiger partial charge is 0.123 e. The molecule has 33 heavy (non-hydrogen) atoms. The van der Waals surface area contributed by atoms with E-state index in [2.05, 4.69) is 42.8 Å². The fourth-order valence-electron chi connectivity index (χ4n) is 5.68. The number of halogens is 1. The third kappa shape index (κ3) is 3.30. The van der Waals surface area contributed by atoms with E-state index in [1.165, 1.54) is 17.7 Å². The van der Waals surface area contributed by atoms with Crippen LogP contribution in [0.5, 0.6) is 0 Å². The van der Waals surface area contributed by atoms with Gasteiger partial charge in [-0.3, -0.25) is 4.99 Å². The van der Waals surface area contributed by atoms with Crippen molar-refractivity contribution in [3.05, 3.63) is 101 Å². The minimum absolute atomic E-state index is 0.272. The average Bonchev–Trinajstić information content (AvgIpc) is 3.22. The van der Waals surface area contributed by atoms with E-state index < -0.39 is 17.1 Å². The van der Waals surface area contributed by atoms with Gasteiger partial charge in [-0.2, -0.15) is 5.10 Å². The van der Waals surface area contributed by atoms with Crippen molar-refractivity contribution in [2.24, 2.45) is 10.4 Å². The molecule has 0 amide bonds. The summed E-state index contributed by atoms with van der Waals surface area (Å²) in [6.45, 7) is 8.28. The number of hydrogen-bond acceptors (Lipinski definition) is 3. The minimum Gasteiger partial charge on any atom is -0.390 e. The van der Waals surface area contributed by atoms with Gasteiger partial charge < -0.3 is 5.11 Å². The summed E-state index contributed by atoms with van der Waals surface area (Å²) in [6, 6.07) is 16.4. The Balaban J connectivity index is 1.59. The Bertz CT molecular complexity index is 1260. The second-order valence-corrected chi connectivity index (χ2v) is 9.39. The number of hydrogen-bond donors (Lipinski definition) is 1. The predicted octanol–water partition coefficient (Wildman–Crippen LogP) is 5.35. The van der Waals surface area contributed by atoms with Crippen molar-refractivity contribution in [3.63, 3.8) is 0 Å². The number of aromatic nitrogens is 2. The molecule has 0 saturated carbocycles. The second kappa shape index (κ2) is 7.92. The highest BCUT2D eigenvalue weighted by Gasteiger charge is 2.57. The lowest BCUT2D eigenvalue weighted by molar-refractivity contribution is 0.0163. The monoisotopic (exact) mass is 441 g/mol. The molecule has 5 rings (SSSR count). The SMILES string of the molecule is C=N[C@]1([C@@H](O)Cc2ccccc2)CC=C(C)C2=Cc3c(cnn3-c3ccc(F)cc3)C[C@@]21C. The number of aliphatic imine (C=N–C) groups is 1. The molecule has 0 unspecified atom stereocenters. The maximum Gasteiger partial charge on any atom is 0.123 e. The molecular formula is C28H28FN3O. The predicted molar refractivity (Wildman–Crippen MR) is 130 cm³/mol. The molecule has 1 N–H and O–H groups in total. The lowest BCUT2D eigenvalue weighted by atomic mass is 9.54. The van der Waals surface area contributed by atoms with Crippen molar-refractivity contribution >= 4 is 12.8 Å². The first-order valence-corrected chi connectivity index (χ1v) is 11.3. The first kappa shape index (κ1) is 21.5. The van der Waals surface area contributed by atoms with Crippen LogP contribution in [0.15, 0.2) is 83.0 Å². The number of fused-ring (bicyclic) bond motifs is 2. The Morgan fingerprint density at radius 2 is 1.91 bits per heavy atom. The summed E-state index contributed by atoms with van der Waals surface area (Å²) in [5.41, 5.74) is 5.09. The van der Waals surface area contributed by atoms with Crippen molar-refractivity contribution in [1.82, 2.24) is 9.78 Å². The number of aliphatic hydroxyl groups excluding tert-OH is 1. The van der Waals surface area contributed by atoms with E-state index in [0.29, 0.717) is 19.3 Å². The summed E-state index contributed by atoms with van der Waals surface area (Å²) >= 11 is 0. The zero-order valence-electron chi connectivity index (χ0n) is 19.0. The highest BCUT2D eigenvalue weighted by Crippen LogP contribution is 2.56. The van der Waals surface area contributed by atoms with Crippen LogP contribution in [0.25, 0.3) is 11.8 Å². The number of benzene rings is 2. The molecule has 3 aromatic rings. The van der Waals surface area contributed by atoms with Crippen LogP contribution in [0.3, 0.4) is 0 Å². The van der Waals surface area contributed by atoms with Crippen molar-refractivity contribution in [2.45, 2.75) is 44.8 Å². The summed E-state index contributed by atoms with van der Waals surface area (Å²) in [5, 5.41) is 16.2. The summed E-state index contributed by atoms with van der Waals surface area (Å²) in [7, 11) is 0. The topological polar surface area (TPSA) is 50.4 Å². The van der Waals surface area contributed by atoms with Crippen molar-refractivity contribution in [1.29, 1.82) is 0 Å². The van der Waals surface area contributed by atoms with Gasteiger partial charge in [0.1, 0.15) is 5.82 Å². The van der Waals surface area contributed by atoms with E-state index in [1.807, 2.05) is 41.2 Å². The number of rotatable bonds is 5. The quantitative estimate of drug-likeness (QED) is 0.543. The lowest BCUT2D eigenvalue weighted by Gasteiger charge is -2.53. The Kier molecular flexibility index (Phi) is 5.17. The molecule has 0 fully saturated rings. The molecule has 168 valence electrons. The molecule has 4 nitrogen and oxygen atoms in total. The first-order valence-electron chi connectivity index (χ1n) is 11.3. The van der Waals surface area contributed by atoms with Crippen LogP contribution in [0.4, 0.5) is 4.39 Å². The largest absolute Gasteiger partial charge is 0.390 e. The number of nitrogens with zero attached hydrogens (tertiary/aromatic N) is 3. The van der Waals surface area contributed by atoms with Gasteiger partial charge in [-0.1, -0.05) is 48.9 Å². The Hall–Kier alpha value is -3.31. The Morgan fingerprint density at radius 3 is 2.61 bits per heavy atom. The standard InChI is InChI=1S/C28H28FN3O/c1-19-13-14-28(30-3,26(33)15-20-7-5-4-6-8-20)27(2)17-21-18-31-32(25(21)16-24(19)27)23-11-9-22(29)10-12-23/h4-13,16,18,26,33H,3,14-15,17H2,1-2H3/t26-,27-,28-/m0/s1. The normalized spacial score (nSPS) is 24.8. The molecule has 2 aromatic carbocycles. The molecule has 1 heterocycles. The summed E-state index contributed by atoms with van der Waals surface area (Å²) in [6.07, 6.45) is 7.34. The molecule has 0 bridgehead atoms. The van der Waals surface area contributed by atoms with E-state index >= 15 is 0 Å². The second-order valence-electron chi connectivity index (χ2n) is 9.39.